The van der Waals surface area contributed by atoms with Gasteiger partial charge in [-0.2, -0.15) is 0 Å². The fraction of sp³-hybridized carbons (Fsp3) is 0.556. The molecule has 0 spiro atoms. The zero-order chi connectivity index (χ0) is 15.5. The second-order valence-corrected chi connectivity index (χ2v) is 6.61. The Morgan fingerprint density at radius 3 is 2.59 bits per heavy atom. The SMILES string of the molecule is O=C(Cc1ccccc1C(=O)O)NC1CC1C1CCCCC1. The molecule has 2 N–H and O–H groups in total. The van der Waals surface area contributed by atoms with Crippen molar-refractivity contribution in [2.75, 3.05) is 0 Å². The molecular weight excluding hydrogens is 278 g/mol. The Hall–Kier alpha value is -1.84. The third-order valence-corrected chi connectivity index (χ3v) is 5.04. The molecule has 4 heteroatoms. The number of carbonyl (C=O) groups is 2. The first-order chi connectivity index (χ1) is 10.6. The quantitative estimate of drug-likeness (QED) is 0.878. The Morgan fingerprint density at radius 1 is 1.14 bits per heavy atom. The minimum Gasteiger partial charge on any atom is -0.478 e. The number of benzene rings is 1. The first-order valence-corrected chi connectivity index (χ1v) is 8.25. The Kier molecular flexibility index (Phi) is 4.46. The maximum Gasteiger partial charge on any atom is 0.335 e. The van der Waals surface area contributed by atoms with Gasteiger partial charge in [-0.15, -0.1) is 0 Å². The van der Waals surface area contributed by atoms with Gasteiger partial charge >= 0.3 is 5.97 Å². The number of nitrogens with one attached hydrogen (secondary N) is 1. The van der Waals surface area contributed by atoms with Crippen molar-refractivity contribution in [1.82, 2.24) is 5.32 Å². The van der Waals surface area contributed by atoms with Gasteiger partial charge in [0.15, 0.2) is 0 Å². The van der Waals surface area contributed by atoms with Crippen molar-refractivity contribution >= 4 is 11.9 Å². The first-order valence-electron chi connectivity index (χ1n) is 8.25. The van der Waals surface area contributed by atoms with E-state index >= 15 is 0 Å². The van der Waals surface area contributed by atoms with E-state index in [-0.39, 0.29) is 17.9 Å². The zero-order valence-electron chi connectivity index (χ0n) is 12.8. The molecule has 118 valence electrons. The van der Waals surface area contributed by atoms with Crippen LogP contribution in [-0.4, -0.2) is 23.0 Å². The fourth-order valence-electron chi connectivity index (χ4n) is 3.78. The van der Waals surface area contributed by atoms with E-state index < -0.39 is 5.97 Å². The second-order valence-electron chi connectivity index (χ2n) is 6.61. The smallest absolute Gasteiger partial charge is 0.335 e. The van der Waals surface area contributed by atoms with Gasteiger partial charge in [0.1, 0.15) is 0 Å². The Bertz CT molecular complexity index is 563. The van der Waals surface area contributed by atoms with E-state index in [1.165, 1.54) is 32.1 Å². The molecule has 22 heavy (non-hydrogen) atoms. The summed E-state index contributed by atoms with van der Waals surface area (Å²) in [5, 5.41) is 12.2. The van der Waals surface area contributed by atoms with Crippen molar-refractivity contribution < 1.29 is 14.7 Å². The highest BCUT2D eigenvalue weighted by molar-refractivity contribution is 5.91. The van der Waals surface area contributed by atoms with E-state index in [0.29, 0.717) is 17.5 Å². The molecule has 2 aliphatic rings. The van der Waals surface area contributed by atoms with Crippen LogP contribution in [-0.2, 0) is 11.2 Å². The highest BCUT2D eigenvalue weighted by Gasteiger charge is 2.43. The van der Waals surface area contributed by atoms with Gasteiger partial charge in [-0.05, 0) is 29.9 Å². The molecule has 4 nitrogen and oxygen atoms in total. The third kappa shape index (κ3) is 3.49. The van der Waals surface area contributed by atoms with E-state index in [2.05, 4.69) is 5.32 Å². The second kappa shape index (κ2) is 6.51. The molecule has 3 rings (SSSR count). The van der Waals surface area contributed by atoms with Crippen LogP contribution in [0.5, 0.6) is 0 Å². The molecule has 2 saturated carbocycles. The summed E-state index contributed by atoms with van der Waals surface area (Å²) in [5.74, 6) is 0.399. The van der Waals surface area contributed by atoms with Gasteiger partial charge < -0.3 is 10.4 Å². The van der Waals surface area contributed by atoms with Crippen molar-refractivity contribution in [3.8, 4) is 0 Å². The van der Waals surface area contributed by atoms with Crippen LogP contribution in [0.2, 0.25) is 0 Å². The lowest BCUT2D eigenvalue weighted by Crippen LogP contribution is -2.30. The summed E-state index contributed by atoms with van der Waals surface area (Å²) in [6, 6.07) is 7.04. The van der Waals surface area contributed by atoms with Crippen molar-refractivity contribution in [3.05, 3.63) is 35.4 Å². The predicted octanol–water partition coefficient (Wildman–Crippen LogP) is 3.01. The van der Waals surface area contributed by atoms with E-state index in [1.54, 1.807) is 24.3 Å². The number of hydrogen-bond donors (Lipinski definition) is 2. The number of carboxylic acids is 1. The molecule has 0 saturated heterocycles. The topological polar surface area (TPSA) is 66.4 Å². The molecule has 0 bridgehead atoms. The Balaban J connectivity index is 1.52. The van der Waals surface area contributed by atoms with Crippen LogP contribution in [0.25, 0.3) is 0 Å². The van der Waals surface area contributed by atoms with E-state index in [0.717, 1.165) is 12.3 Å². The molecule has 2 aliphatic carbocycles. The van der Waals surface area contributed by atoms with Gasteiger partial charge in [0, 0.05) is 6.04 Å². The molecule has 2 atom stereocenters. The van der Waals surface area contributed by atoms with E-state index in [9.17, 15) is 9.59 Å². The molecule has 0 aliphatic heterocycles. The van der Waals surface area contributed by atoms with Crippen molar-refractivity contribution in [2.24, 2.45) is 11.8 Å². The molecule has 1 amide bonds. The van der Waals surface area contributed by atoms with Gasteiger partial charge in [-0.25, -0.2) is 4.79 Å². The van der Waals surface area contributed by atoms with E-state index in [4.69, 9.17) is 5.11 Å². The minimum absolute atomic E-state index is 0.0583. The summed E-state index contributed by atoms with van der Waals surface area (Å²) in [6.45, 7) is 0. The normalized spacial score (nSPS) is 24.7. The molecule has 2 fully saturated rings. The lowest BCUT2D eigenvalue weighted by atomic mass is 9.85. The number of carbonyl (C=O) groups excluding carboxylic acids is 1. The van der Waals surface area contributed by atoms with Crippen LogP contribution in [0.4, 0.5) is 0 Å². The Morgan fingerprint density at radius 2 is 1.86 bits per heavy atom. The highest BCUT2D eigenvalue weighted by atomic mass is 16.4. The van der Waals surface area contributed by atoms with Crippen LogP contribution in [0.15, 0.2) is 24.3 Å². The molecule has 0 aromatic heterocycles. The maximum atomic E-state index is 12.2. The van der Waals surface area contributed by atoms with Gasteiger partial charge in [-0.1, -0.05) is 50.3 Å². The van der Waals surface area contributed by atoms with Crippen LogP contribution in [0.3, 0.4) is 0 Å². The van der Waals surface area contributed by atoms with Gasteiger partial charge in [-0.3, -0.25) is 4.79 Å². The van der Waals surface area contributed by atoms with Crippen molar-refractivity contribution in [3.63, 3.8) is 0 Å². The van der Waals surface area contributed by atoms with Gasteiger partial charge in [0.05, 0.1) is 12.0 Å². The summed E-state index contributed by atoms with van der Waals surface area (Å²) < 4.78 is 0. The summed E-state index contributed by atoms with van der Waals surface area (Å²) in [7, 11) is 0. The predicted molar refractivity (Wildman–Crippen MR) is 83.7 cm³/mol. The van der Waals surface area contributed by atoms with Crippen molar-refractivity contribution in [2.45, 2.75) is 51.0 Å². The zero-order valence-corrected chi connectivity index (χ0v) is 12.8. The average Bonchev–Trinajstić information content (AvgIpc) is 3.27. The number of aromatic carboxylic acids is 1. The average molecular weight is 301 g/mol. The summed E-state index contributed by atoms with van der Waals surface area (Å²) in [4.78, 5) is 23.3. The number of rotatable bonds is 5. The molecular formula is C18H23NO3. The fourth-order valence-corrected chi connectivity index (χ4v) is 3.78. The lowest BCUT2D eigenvalue weighted by molar-refractivity contribution is -0.120. The summed E-state index contributed by atoms with van der Waals surface area (Å²) in [6.07, 6.45) is 7.86. The van der Waals surface area contributed by atoms with Crippen LogP contribution in [0.1, 0.15) is 54.4 Å². The summed E-state index contributed by atoms with van der Waals surface area (Å²) >= 11 is 0. The molecule has 1 aromatic rings. The monoisotopic (exact) mass is 301 g/mol. The largest absolute Gasteiger partial charge is 0.478 e. The first kappa shape index (κ1) is 15.1. The third-order valence-electron chi connectivity index (χ3n) is 5.04. The lowest BCUT2D eigenvalue weighted by Gasteiger charge is -2.21. The summed E-state index contributed by atoms with van der Waals surface area (Å²) in [5.41, 5.74) is 0.805. The van der Waals surface area contributed by atoms with E-state index in [1.807, 2.05) is 0 Å². The number of amides is 1. The standard InChI is InChI=1S/C18H23NO3/c20-17(10-13-8-4-5-9-14(13)18(21)22)19-16-11-15(16)12-6-2-1-3-7-12/h4-5,8-9,12,15-16H,1-3,6-7,10-11H2,(H,19,20)(H,21,22). The minimum atomic E-state index is -0.977. The molecule has 0 heterocycles. The van der Waals surface area contributed by atoms with Gasteiger partial charge in [0.2, 0.25) is 5.91 Å². The van der Waals surface area contributed by atoms with Crippen LogP contribution < -0.4 is 5.32 Å². The molecule has 0 radical (unpaired) electrons. The van der Waals surface area contributed by atoms with Crippen LogP contribution >= 0.6 is 0 Å². The van der Waals surface area contributed by atoms with Crippen molar-refractivity contribution in [1.29, 1.82) is 0 Å². The molecule has 1 aromatic carbocycles. The maximum absolute atomic E-state index is 12.2. The molecule has 2 unspecified atom stereocenters. The highest BCUT2D eigenvalue weighted by Crippen LogP contribution is 2.44. The number of hydrogen-bond acceptors (Lipinski definition) is 2. The number of carboxylic acid groups (broad SMARTS) is 1. The van der Waals surface area contributed by atoms with Crippen LogP contribution in [0, 0.1) is 11.8 Å². The van der Waals surface area contributed by atoms with Gasteiger partial charge in [0.25, 0.3) is 0 Å². The Labute approximate surface area is 130 Å².